The Kier molecular flexibility index (Phi) is 3.23. The van der Waals surface area contributed by atoms with Crippen LogP contribution in [0.15, 0.2) is 0 Å². The summed E-state index contributed by atoms with van der Waals surface area (Å²) in [4.78, 5) is 0. The Morgan fingerprint density at radius 3 is 2.77 bits per heavy atom. The van der Waals surface area contributed by atoms with Crippen molar-refractivity contribution >= 4 is 0 Å². The second kappa shape index (κ2) is 4.43. The fourth-order valence-electron chi connectivity index (χ4n) is 2.51. The first-order valence-electron chi connectivity index (χ1n) is 5.78. The monoisotopic (exact) mass is 182 g/mol. The lowest BCUT2D eigenvalue weighted by Crippen LogP contribution is -2.56. The van der Waals surface area contributed by atoms with Gasteiger partial charge in [0.1, 0.15) is 0 Å². The van der Waals surface area contributed by atoms with Gasteiger partial charge in [-0.1, -0.05) is 19.8 Å². The summed E-state index contributed by atoms with van der Waals surface area (Å²) in [6.07, 6.45) is 5.82. The third kappa shape index (κ3) is 2.68. The average Bonchev–Trinajstić information content (AvgIpc) is 2.01. The van der Waals surface area contributed by atoms with Gasteiger partial charge < -0.3 is 10.6 Å². The highest BCUT2D eigenvalue weighted by Crippen LogP contribution is 2.27. The summed E-state index contributed by atoms with van der Waals surface area (Å²) in [7, 11) is 0. The van der Waals surface area contributed by atoms with Crippen LogP contribution in [0.3, 0.4) is 0 Å². The number of hydrogen-bond acceptors (Lipinski definition) is 2. The lowest BCUT2D eigenvalue weighted by molar-refractivity contribution is 0.253. The molecular formula is C11H22N2. The molecule has 2 N–H and O–H groups in total. The van der Waals surface area contributed by atoms with Crippen molar-refractivity contribution in [1.82, 2.24) is 10.6 Å². The molecule has 2 atom stereocenters. The van der Waals surface area contributed by atoms with E-state index in [4.69, 9.17) is 0 Å². The Morgan fingerprint density at radius 1 is 1.31 bits per heavy atom. The van der Waals surface area contributed by atoms with Crippen LogP contribution in [0, 0.1) is 11.8 Å². The molecule has 2 unspecified atom stereocenters. The van der Waals surface area contributed by atoms with Crippen molar-refractivity contribution in [2.75, 3.05) is 19.6 Å². The zero-order chi connectivity index (χ0) is 9.10. The van der Waals surface area contributed by atoms with Gasteiger partial charge in [0.15, 0.2) is 0 Å². The molecule has 1 heterocycles. The summed E-state index contributed by atoms with van der Waals surface area (Å²) in [5.41, 5.74) is 0. The summed E-state index contributed by atoms with van der Waals surface area (Å²) >= 11 is 0. The smallest absolute Gasteiger partial charge is 0.0317 e. The fraction of sp³-hybridized carbons (Fsp3) is 1.00. The van der Waals surface area contributed by atoms with Gasteiger partial charge in [-0.2, -0.15) is 0 Å². The molecule has 0 aromatic heterocycles. The van der Waals surface area contributed by atoms with E-state index in [0.717, 1.165) is 17.9 Å². The van der Waals surface area contributed by atoms with E-state index in [-0.39, 0.29) is 0 Å². The highest BCUT2D eigenvalue weighted by atomic mass is 15.1. The van der Waals surface area contributed by atoms with Crippen LogP contribution < -0.4 is 10.6 Å². The predicted octanol–water partition coefficient (Wildman–Crippen LogP) is 1.37. The van der Waals surface area contributed by atoms with E-state index in [9.17, 15) is 0 Å². The maximum atomic E-state index is 3.65. The van der Waals surface area contributed by atoms with Gasteiger partial charge in [-0.3, -0.25) is 0 Å². The van der Waals surface area contributed by atoms with Crippen LogP contribution in [0.5, 0.6) is 0 Å². The van der Waals surface area contributed by atoms with Crippen molar-refractivity contribution in [2.24, 2.45) is 11.8 Å². The highest BCUT2D eigenvalue weighted by Gasteiger charge is 2.21. The standard InChI is InChI=1S/C11H22N2/c1-9-3-2-4-10(5-9)6-13-11-7-12-8-11/h9-13H,2-8H2,1H3. The molecule has 0 aromatic rings. The lowest BCUT2D eigenvalue weighted by Gasteiger charge is -2.32. The normalized spacial score (nSPS) is 35.8. The summed E-state index contributed by atoms with van der Waals surface area (Å²) in [5, 5.41) is 6.94. The Bertz CT molecular complexity index is 154. The van der Waals surface area contributed by atoms with Crippen molar-refractivity contribution < 1.29 is 0 Å². The number of hydrogen-bond donors (Lipinski definition) is 2. The minimum absolute atomic E-state index is 0.775. The zero-order valence-electron chi connectivity index (χ0n) is 8.68. The van der Waals surface area contributed by atoms with E-state index >= 15 is 0 Å². The van der Waals surface area contributed by atoms with Crippen LogP contribution in [0.25, 0.3) is 0 Å². The van der Waals surface area contributed by atoms with E-state index in [1.54, 1.807) is 0 Å². The third-order valence-corrected chi connectivity index (χ3v) is 3.52. The molecule has 76 valence electrons. The first-order chi connectivity index (χ1) is 6.34. The molecule has 1 saturated heterocycles. The second-order valence-corrected chi connectivity index (χ2v) is 4.90. The molecule has 2 nitrogen and oxygen atoms in total. The molecule has 1 saturated carbocycles. The van der Waals surface area contributed by atoms with Gasteiger partial charge >= 0.3 is 0 Å². The van der Waals surface area contributed by atoms with E-state index < -0.39 is 0 Å². The van der Waals surface area contributed by atoms with Crippen LogP contribution in [0.4, 0.5) is 0 Å². The Balaban J connectivity index is 1.62. The highest BCUT2D eigenvalue weighted by molar-refractivity contribution is 4.83. The maximum absolute atomic E-state index is 3.65. The SMILES string of the molecule is CC1CCCC(CNC2CNC2)C1. The van der Waals surface area contributed by atoms with E-state index in [1.165, 1.54) is 45.3 Å². The molecule has 2 heteroatoms. The fourth-order valence-corrected chi connectivity index (χ4v) is 2.51. The lowest BCUT2D eigenvalue weighted by atomic mass is 9.82. The largest absolute Gasteiger partial charge is 0.314 e. The van der Waals surface area contributed by atoms with Gasteiger partial charge in [0.2, 0.25) is 0 Å². The first-order valence-corrected chi connectivity index (χ1v) is 5.78. The van der Waals surface area contributed by atoms with Gasteiger partial charge in [-0.15, -0.1) is 0 Å². The predicted molar refractivity (Wildman–Crippen MR) is 55.8 cm³/mol. The average molecular weight is 182 g/mol. The van der Waals surface area contributed by atoms with E-state index in [0.29, 0.717) is 0 Å². The summed E-state index contributed by atoms with van der Waals surface area (Å²) < 4.78 is 0. The van der Waals surface area contributed by atoms with Crippen molar-refractivity contribution in [3.05, 3.63) is 0 Å². The van der Waals surface area contributed by atoms with Gasteiger partial charge in [-0.05, 0) is 31.2 Å². The minimum Gasteiger partial charge on any atom is -0.314 e. The van der Waals surface area contributed by atoms with Crippen LogP contribution in [-0.4, -0.2) is 25.7 Å². The first kappa shape index (κ1) is 9.47. The van der Waals surface area contributed by atoms with Gasteiger partial charge in [0.05, 0.1) is 0 Å². The molecule has 0 bridgehead atoms. The van der Waals surface area contributed by atoms with E-state index in [2.05, 4.69) is 17.6 Å². The van der Waals surface area contributed by atoms with Crippen molar-refractivity contribution in [2.45, 2.75) is 38.6 Å². The molecule has 1 aliphatic carbocycles. The molecule has 0 spiro atoms. The molecule has 2 rings (SSSR count). The molecule has 0 amide bonds. The summed E-state index contributed by atoms with van der Waals surface area (Å²) in [5.74, 6) is 1.93. The van der Waals surface area contributed by atoms with Crippen LogP contribution >= 0.6 is 0 Å². The Labute approximate surface area is 81.5 Å². The molecule has 0 aromatic carbocycles. The molecule has 2 fully saturated rings. The minimum atomic E-state index is 0.775. The maximum Gasteiger partial charge on any atom is 0.0317 e. The van der Waals surface area contributed by atoms with Crippen LogP contribution in [0.1, 0.15) is 32.6 Å². The number of nitrogens with one attached hydrogen (secondary N) is 2. The quantitative estimate of drug-likeness (QED) is 0.689. The second-order valence-electron chi connectivity index (χ2n) is 4.90. The topological polar surface area (TPSA) is 24.1 Å². The van der Waals surface area contributed by atoms with E-state index in [1.807, 2.05) is 0 Å². The molecule has 2 aliphatic rings. The van der Waals surface area contributed by atoms with Crippen molar-refractivity contribution in [3.8, 4) is 0 Å². The third-order valence-electron chi connectivity index (χ3n) is 3.52. The number of rotatable bonds is 3. The molecular weight excluding hydrogens is 160 g/mol. The van der Waals surface area contributed by atoms with Crippen molar-refractivity contribution in [1.29, 1.82) is 0 Å². The molecule has 13 heavy (non-hydrogen) atoms. The van der Waals surface area contributed by atoms with Gasteiger partial charge in [0, 0.05) is 19.1 Å². The zero-order valence-corrected chi connectivity index (χ0v) is 8.68. The molecule has 0 radical (unpaired) electrons. The van der Waals surface area contributed by atoms with Gasteiger partial charge in [-0.25, -0.2) is 0 Å². The van der Waals surface area contributed by atoms with Crippen LogP contribution in [-0.2, 0) is 0 Å². The summed E-state index contributed by atoms with van der Waals surface area (Å²) in [6.45, 7) is 6.03. The summed E-state index contributed by atoms with van der Waals surface area (Å²) in [6, 6.07) is 0.775. The van der Waals surface area contributed by atoms with Crippen LogP contribution in [0.2, 0.25) is 0 Å². The Hall–Kier alpha value is -0.0800. The Morgan fingerprint density at radius 2 is 2.15 bits per heavy atom. The van der Waals surface area contributed by atoms with Crippen molar-refractivity contribution in [3.63, 3.8) is 0 Å². The van der Waals surface area contributed by atoms with Gasteiger partial charge in [0.25, 0.3) is 0 Å². The molecule has 1 aliphatic heterocycles.